The monoisotopic (exact) mass is 281 g/mol. The largest absolute Gasteiger partial charge is 0.477 e. The molecule has 0 aliphatic carbocycles. The summed E-state index contributed by atoms with van der Waals surface area (Å²) in [4.78, 5) is 10.8. The molecule has 82 valence electrons. The maximum atomic E-state index is 10.8. The van der Waals surface area contributed by atoms with E-state index in [1.54, 1.807) is 6.07 Å². The zero-order chi connectivity index (χ0) is 11.7. The van der Waals surface area contributed by atoms with E-state index in [-0.39, 0.29) is 11.4 Å². The summed E-state index contributed by atoms with van der Waals surface area (Å²) in [6.07, 6.45) is 1.23. The van der Waals surface area contributed by atoms with Crippen molar-refractivity contribution in [3.05, 3.63) is 40.5 Å². The lowest BCUT2D eigenvalue weighted by molar-refractivity contribution is 0.0698. The second-order valence-corrected chi connectivity index (χ2v) is 3.97. The Bertz CT molecular complexity index is 551. The molecule has 0 spiro atoms. The number of hydrogen-bond donors (Lipinski definition) is 2. The van der Waals surface area contributed by atoms with Crippen molar-refractivity contribution in [3.63, 3.8) is 0 Å². The third-order valence-corrected chi connectivity index (χ3v) is 2.79. The predicted octanol–water partition coefficient (Wildman–Crippen LogP) is 1.92. The summed E-state index contributed by atoms with van der Waals surface area (Å²) in [6, 6.07) is 7.29. The maximum Gasteiger partial charge on any atom is 0.341 e. The Morgan fingerprint density at radius 3 is 2.69 bits per heavy atom. The molecule has 1 heterocycles. The van der Waals surface area contributed by atoms with Crippen LogP contribution in [0.2, 0.25) is 0 Å². The van der Waals surface area contributed by atoms with E-state index in [9.17, 15) is 4.79 Å². The van der Waals surface area contributed by atoms with E-state index in [2.05, 4.69) is 21.0 Å². The molecule has 1 aromatic carbocycles. The fourth-order valence-corrected chi connectivity index (χ4v) is 1.79. The van der Waals surface area contributed by atoms with Crippen molar-refractivity contribution in [3.8, 4) is 5.69 Å². The molecule has 0 bridgehead atoms. The van der Waals surface area contributed by atoms with Gasteiger partial charge in [0.05, 0.1) is 11.9 Å². The molecule has 0 aliphatic heterocycles. The van der Waals surface area contributed by atoms with Crippen molar-refractivity contribution in [2.45, 2.75) is 0 Å². The van der Waals surface area contributed by atoms with Gasteiger partial charge >= 0.3 is 5.97 Å². The predicted molar refractivity (Wildman–Crippen MR) is 62.6 cm³/mol. The van der Waals surface area contributed by atoms with Crippen LogP contribution in [0.1, 0.15) is 10.4 Å². The summed E-state index contributed by atoms with van der Waals surface area (Å²) in [5.41, 5.74) is 6.40. The molecular weight excluding hydrogens is 274 g/mol. The summed E-state index contributed by atoms with van der Waals surface area (Å²) < 4.78 is 2.18. The number of rotatable bonds is 2. The molecule has 0 fully saturated rings. The first-order chi connectivity index (χ1) is 7.61. The molecule has 3 N–H and O–H groups in total. The molecule has 0 radical (unpaired) electrons. The average Bonchev–Trinajstić information content (AvgIpc) is 2.61. The van der Waals surface area contributed by atoms with Gasteiger partial charge in [-0.15, -0.1) is 0 Å². The number of aromatic nitrogens is 2. The minimum atomic E-state index is -1.09. The van der Waals surface area contributed by atoms with E-state index < -0.39 is 5.97 Å². The lowest BCUT2D eigenvalue weighted by Crippen LogP contribution is -2.06. The first kappa shape index (κ1) is 10.7. The number of halogens is 1. The van der Waals surface area contributed by atoms with Crippen LogP contribution < -0.4 is 5.73 Å². The number of nitrogens with zero attached hydrogens (tertiary/aromatic N) is 2. The lowest BCUT2D eigenvalue weighted by Gasteiger charge is -2.06. The van der Waals surface area contributed by atoms with Crippen LogP contribution in [0.15, 0.2) is 34.9 Å². The first-order valence-electron chi connectivity index (χ1n) is 4.43. The molecule has 6 heteroatoms. The van der Waals surface area contributed by atoms with Crippen molar-refractivity contribution in [1.82, 2.24) is 9.78 Å². The van der Waals surface area contributed by atoms with E-state index in [4.69, 9.17) is 10.8 Å². The Hall–Kier alpha value is -1.82. The Labute approximate surface area is 99.6 Å². The number of benzene rings is 1. The van der Waals surface area contributed by atoms with Gasteiger partial charge in [0, 0.05) is 4.47 Å². The van der Waals surface area contributed by atoms with Gasteiger partial charge in [0.15, 0.2) is 0 Å². The SMILES string of the molecule is Nc1c(C(=O)O)cnn1-c1ccccc1Br. The summed E-state index contributed by atoms with van der Waals surface area (Å²) in [6.45, 7) is 0. The molecule has 2 rings (SSSR count). The van der Waals surface area contributed by atoms with E-state index in [0.717, 1.165) is 4.47 Å². The quantitative estimate of drug-likeness (QED) is 0.881. The van der Waals surface area contributed by atoms with Crippen LogP contribution in [0.25, 0.3) is 5.69 Å². The van der Waals surface area contributed by atoms with Gasteiger partial charge in [-0.25, -0.2) is 9.48 Å². The molecular formula is C10H8BrN3O2. The van der Waals surface area contributed by atoms with Crippen LogP contribution in [0.5, 0.6) is 0 Å². The van der Waals surface area contributed by atoms with Gasteiger partial charge in [0.2, 0.25) is 0 Å². The van der Waals surface area contributed by atoms with Gasteiger partial charge in [-0.1, -0.05) is 12.1 Å². The van der Waals surface area contributed by atoms with Crippen LogP contribution in [-0.4, -0.2) is 20.9 Å². The van der Waals surface area contributed by atoms with E-state index in [1.807, 2.05) is 18.2 Å². The smallest absolute Gasteiger partial charge is 0.341 e. The number of hydrogen-bond acceptors (Lipinski definition) is 3. The Morgan fingerprint density at radius 2 is 2.12 bits per heavy atom. The Morgan fingerprint density at radius 1 is 1.44 bits per heavy atom. The minimum Gasteiger partial charge on any atom is -0.477 e. The summed E-state index contributed by atoms with van der Waals surface area (Å²) in [7, 11) is 0. The normalized spacial score (nSPS) is 10.3. The molecule has 2 aromatic rings. The van der Waals surface area contributed by atoms with Gasteiger partial charge < -0.3 is 10.8 Å². The number of carbonyl (C=O) groups is 1. The van der Waals surface area contributed by atoms with E-state index in [0.29, 0.717) is 5.69 Å². The van der Waals surface area contributed by atoms with E-state index >= 15 is 0 Å². The zero-order valence-electron chi connectivity index (χ0n) is 8.09. The van der Waals surface area contributed by atoms with Crippen molar-refractivity contribution >= 4 is 27.7 Å². The molecule has 0 saturated heterocycles. The minimum absolute atomic E-state index is 0.00393. The number of nitrogens with two attached hydrogens (primary N) is 1. The maximum absolute atomic E-state index is 10.8. The molecule has 0 saturated carbocycles. The fraction of sp³-hybridized carbons (Fsp3) is 0. The Kier molecular flexibility index (Phi) is 2.66. The molecule has 0 unspecified atom stereocenters. The lowest BCUT2D eigenvalue weighted by atomic mass is 10.3. The van der Waals surface area contributed by atoms with Crippen LogP contribution in [0, 0.1) is 0 Å². The second-order valence-electron chi connectivity index (χ2n) is 3.11. The first-order valence-corrected chi connectivity index (χ1v) is 5.22. The van der Waals surface area contributed by atoms with Gasteiger partial charge in [-0.3, -0.25) is 0 Å². The van der Waals surface area contributed by atoms with Crippen molar-refractivity contribution in [2.75, 3.05) is 5.73 Å². The van der Waals surface area contributed by atoms with Gasteiger partial charge in [-0.2, -0.15) is 5.10 Å². The highest BCUT2D eigenvalue weighted by Crippen LogP contribution is 2.23. The molecule has 5 nitrogen and oxygen atoms in total. The highest BCUT2D eigenvalue weighted by atomic mass is 79.9. The molecule has 1 aromatic heterocycles. The van der Waals surface area contributed by atoms with Gasteiger partial charge in [-0.05, 0) is 28.1 Å². The molecule has 0 aliphatic rings. The average molecular weight is 282 g/mol. The fourth-order valence-electron chi connectivity index (χ4n) is 1.34. The summed E-state index contributed by atoms with van der Waals surface area (Å²) in [5.74, 6) is -0.977. The highest BCUT2D eigenvalue weighted by Gasteiger charge is 2.15. The van der Waals surface area contributed by atoms with Crippen LogP contribution in [-0.2, 0) is 0 Å². The standard InChI is InChI=1S/C10H8BrN3O2/c11-7-3-1-2-4-8(7)14-9(12)6(5-13-14)10(15)16/h1-5H,12H2,(H,15,16). The van der Waals surface area contributed by atoms with Crippen molar-refractivity contribution < 1.29 is 9.90 Å². The van der Waals surface area contributed by atoms with Crippen LogP contribution in [0.3, 0.4) is 0 Å². The molecule has 0 atom stereocenters. The van der Waals surface area contributed by atoms with Gasteiger partial charge in [0.25, 0.3) is 0 Å². The highest BCUT2D eigenvalue weighted by molar-refractivity contribution is 9.10. The van der Waals surface area contributed by atoms with Crippen LogP contribution >= 0.6 is 15.9 Å². The Balaban J connectivity index is 2.58. The number of para-hydroxylation sites is 1. The van der Waals surface area contributed by atoms with Crippen molar-refractivity contribution in [1.29, 1.82) is 0 Å². The number of nitrogen functional groups attached to an aromatic ring is 1. The van der Waals surface area contributed by atoms with Gasteiger partial charge in [0.1, 0.15) is 11.4 Å². The topological polar surface area (TPSA) is 81.1 Å². The second kappa shape index (κ2) is 3.97. The number of carboxylic acids is 1. The number of anilines is 1. The molecule has 16 heavy (non-hydrogen) atoms. The third kappa shape index (κ3) is 1.67. The molecule has 0 amide bonds. The van der Waals surface area contributed by atoms with E-state index in [1.165, 1.54) is 10.9 Å². The zero-order valence-corrected chi connectivity index (χ0v) is 9.68. The number of aromatic carboxylic acids is 1. The number of carboxylic acid groups (broad SMARTS) is 1. The summed E-state index contributed by atoms with van der Waals surface area (Å²) >= 11 is 3.35. The van der Waals surface area contributed by atoms with Crippen LogP contribution in [0.4, 0.5) is 5.82 Å². The third-order valence-electron chi connectivity index (χ3n) is 2.12. The summed E-state index contributed by atoms with van der Waals surface area (Å²) in [5, 5.41) is 12.8. The van der Waals surface area contributed by atoms with Crippen molar-refractivity contribution in [2.24, 2.45) is 0 Å².